The Labute approximate surface area is 224 Å². The smallest absolute Gasteiger partial charge is 0.356 e. The minimum Gasteiger partial charge on any atom is -0.356 e. The first-order chi connectivity index (χ1) is 18.7. The van der Waals surface area contributed by atoms with E-state index in [1.54, 1.807) is 59.6 Å². The molecule has 1 unspecified atom stereocenters. The highest BCUT2D eigenvalue weighted by Gasteiger charge is 2.37. The normalized spacial score (nSPS) is 13.6. The van der Waals surface area contributed by atoms with Crippen LogP contribution in [0.15, 0.2) is 117 Å². The van der Waals surface area contributed by atoms with Gasteiger partial charge in [-0.3, -0.25) is 0 Å². The first kappa shape index (κ1) is 26.9. The number of rotatable bonds is 7. The van der Waals surface area contributed by atoms with Crippen molar-refractivity contribution in [3.8, 4) is 6.07 Å². The molecule has 0 radical (unpaired) electrons. The van der Waals surface area contributed by atoms with E-state index in [2.05, 4.69) is 28.6 Å². The van der Waals surface area contributed by atoms with Crippen LogP contribution in [0.5, 0.6) is 0 Å². The van der Waals surface area contributed by atoms with E-state index in [-0.39, 0.29) is 16.3 Å². The van der Waals surface area contributed by atoms with Crippen molar-refractivity contribution in [3.05, 3.63) is 124 Å². The summed E-state index contributed by atoms with van der Waals surface area (Å²) in [5.74, 6) is 0. The summed E-state index contributed by atoms with van der Waals surface area (Å²) in [6.07, 6.45) is 4.48. The van der Waals surface area contributed by atoms with E-state index in [1.165, 1.54) is 6.34 Å². The SMILES string of the molecule is N#CC(Cc1ccc2ccccc2c1)(CN1C=N[C+]=N1)c1ccc(S(=O)(=O)c2ccccc2)cc1.O=[N+]([O-])[O-]. The number of benzene rings is 4. The van der Waals surface area contributed by atoms with Gasteiger partial charge in [-0.05, 0) is 52.6 Å². The molecule has 11 heteroatoms. The fourth-order valence-corrected chi connectivity index (χ4v) is 5.61. The molecule has 0 fully saturated rings. The Kier molecular flexibility index (Phi) is 7.91. The first-order valence-electron chi connectivity index (χ1n) is 11.6. The largest absolute Gasteiger partial charge is 0.371 e. The van der Waals surface area contributed by atoms with Crippen molar-refractivity contribution in [2.75, 3.05) is 6.54 Å². The van der Waals surface area contributed by atoms with E-state index >= 15 is 0 Å². The Morgan fingerprint density at radius 2 is 1.51 bits per heavy atom. The van der Waals surface area contributed by atoms with Crippen molar-refractivity contribution in [1.82, 2.24) is 5.01 Å². The lowest BCUT2D eigenvalue weighted by Crippen LogP contribution is -2.38. The quantitative estimate of drug-likeness (QED) is 0.189. The van der Waals surface area contributed by atoms with Gasteiger partial charge in [0.15, 0.2) is 0 Å². The van der Waals surface area contributed by atoms with Gasteiger partial charge in [0.05, 0.1) is 27.5 Å². The van der Waals surface area contributed by atoms with Gasteiger partial charge in [-0.2, -0.15) is 5.26 Å². The zero-order valence-corrected chi connectivity index (χ0v) is 21.2. The second-order valence-electron chi connectivity index (χ2n) is 8.66. The maximum absolute atomic E-state index is 13.0. The van der Waals surface area contributed by atoms with E-state index in [0.29, 0.717) is 12.0 Å². The molecular formula is C28H21N5O5S. The number of aliphatic imine (C=N–C) groups is 1. The molecule has 4 aromatic carbocycles. The van der Waals surface area contributed by atoms with Crippen LogP contribution in [0, 0.1) is 26.7 Å². The van der Waals surface area contributed by atoms with E-state index in [4.69, 9.17) is 15.3 Å². The fraction of sp³-hybridized carbons (Fsp3) is 0.107. The summed E-state index contributed by atoms with van der Waals surface area (Å²) in [6.45, 7) is 0.248. The van der Waals surface area contributed by atoms with Crippen molar-refractivity contribution < 1.29 is 13.5 Å². The van der Waals surface area contributed by atoms with Gasteiger partial charge in [0, 0.05) is 10.1 Å². The molecule has 5 rings (SSSR count). The molecule has 1 heterocycles. The molecule has 1 atom stereocenters. The van der Waals surface area contributed by atoms with Crippen LogP contribution in [0.25, 0.3) is 10.8 Å². The summed E-state index contributed by atoms with van der Waals surface area (Å²) in [5.41, 5.74) is 0.699. The summed E-state index contributed by atoms with van der Waals surface area (Å²) in [5, 5.41) is 33.1. The van der Waals surface area contributed by atoms with E-state index in [9.17, 15) is 13.7 Å². The highest BCUT2D eigenvalue weighted by Crippen LogP contribution is 2.32. The van der Waals surface area contributed by atoms with Crippen molar-refractivity contribution in [2.24, 2.45) is 10.1 Å². The lowest BCUT2D eigenvalue weighted by Gasteiger charge is -2.28. The van der Waals surface area contributed by atoms with Gasteiger partial charge in [0.2, 0.25) is 9.84 Å². The third-order valence-electron chi connectivity index (χ3n) is 6.16. The summed E-state index contributed by atoms with van der Waals surface area (Å²) >= 11 is 0. The molecular weight excluding hydrogens is 518 g/mol. The number of fused-ring (bicyclic) bond motifs is 1. The van der Waals surface area contributed by atoms with Crippen LogP contribution >= 0.6 is 0 Å². The lowest BCUT2D eigenvalue weighted by molar-refractivity contribution is -0.402. The average Bonchev–Trinajstić information content (AvgIpc) is 3.46. The summed E-state index contributed by atoms with van der Waals surface area (Å²) in [6, 6.07) is 31.6. The Hall–Kier alpha value is -5.17. The van der Waals surface area contributed by atoms with E-state index in [0.717, 1.165) is 16.3 Å². The van der Waals surface area contributed by atoms with Gasteiger partial charge >= 0.3 is 6.34 Å². The molecule has 194 valence electrons. The molecule has 0 saturated heterocycles. The highest BCUT2D eigenvalue weighted by molar-refractivity contribution is 7.91. The molecule has 1 aliphatic rings. The molecule has 0 aliphatic carbocycles. The molecule has 0 spiro atoms. The van der Waals surface area contributed by atoms with Gasteiger partial charge < -0.3 is 15.3 Å². The minimum atomic E-state index is -3.66. The number of hydrogen-bond donors (Lipinski definition) is 0. The number of hydrazone groups is 1. The monoisotopic (exact) mass is 539 g/mol. The first-order valence-corrected chi connectivity index (χ1v) is 13.1. The standard InChI is InChI=1S/C28H21N4O2S.NO3/c29-18-28(19-32-21-30-20-31-32,17-22-10-11-23-6-4-5-7-24(23)16-22)25-12-14-27(15-13-25)35(33,34)26-8-2-1-3-9-26;2-1(3)4/h1-16,21H,17,19H2;/q+1;-1. The topological polar surface area (TPSA) is 152 Å². The molecule has 0 aromatic heterocycles. The van der Waals surface area contributed by atoms with Crippen molar-refractivity contribution in [3.63, 3.8) is 0 Å². The Morgan fingerprint density at radius 3 is 2.13 bits per heavy atom. The molecule has 39 heavy (non-hydrogen) atoms. The zero-order chi connectivity index (χ0) is 27.9. The van der Waals surface area contributed by atoms with Gasteiger partial charge in [-0.25, -0.2) is 8.42 Å². The predicted octanol–water partition coefficient (Wildman–Crippen LogP) is 4.60. The van der Waals surface area contributed by atoms with Crippen LogP contribution in [0.3, 0.4) is 0 Å². The maximum atomic E-state index is 13.0. The fourth-order valence-electron chi connectivity index (χ4n) is 4.33. The Bertz CT molecular complexity index is 1670. The predicted molar refractivity (Wildman–Crippen MR) is 146 cm³/mol. The van der Waals surface area contributed by atoms with E-state index in [1.807, 2.05) is 36.4 Å². The van der Waals surface area contributed by atoms with Crippen molar-refractivity contribution in [1.29, 1.82) is 5.26 Å². The summed E-state index contributed by atoms with van der Waals surface area (Å²) in [4.78, 5) is 12.6. The van der Waals surface area contributed by atoms with Gasteiger partial charge in [0.25, 0.3) is 6.34 Å². The van der Waals surface area contributed by atoms with Crippen molar-refractivity contribution in [2.45, 2.75) is 21.6 Å². The Morgan fingerprint density at radius 1 is 0.897 bits per heavy atom. The maximum Gasteiger partial charge on any atom is 0.371 e. The molecule has 0 saturated carbocycles. The second-order valence-corrected chi connectivity index (χ2v) is 10.6. The van der Waals surface area contributed by atoms with Crippen LogP contribution < -0.4 is 0 Å². The van der Waals surface area contributed by atoms with Crippen molar-refractivity contribution >= 4 is 33.3 Å². The number of sulfone groups is 1. The van der Waals surface area contributed by atoms with Crippen LogP contribution in [0.4, 0.5) is 0 Å². The van der Waals surface area contributed by atoms with Gasteiger partial charge in [0.1, 0.15) is 5.41 Å². The average molecular weight is 540 g/mol. The van der Waals surface area contributed by atoms with Crippen LogP contribution in [-0.2, 0) is 21.7 Å². The van der Waals surface area contributed by atoms with Crippen LogP contribution in [0.1, 0.15) is 11.1 Å². The minimum absolute atomic E-state index is 0.180. The second kappa shape index (κ2) is 11.5. The molecule has 1 aliphatic heterocycles. The molecule has 0 amide bonds. The summed E-state index contributed by atoms with van der Waals surface area (Å²) < 4.78 is 26.1. The van der Waals surface area contributed by atoms with Crippen LogP contribution in [-0.4, -0.2) is 37.7 Å². The van der Waals surface area contributed by atoms with E-state index < -0.39 is 20.3 Å². The third-order valence-corrected chi connectivity index (χ3v) is 7.94. The molecule has 0 bridgehead atoms. The van der Waals surface area contributed by atoms with Crippen LogP contribution in [0.2, 0.25) is 0 Å². The third kappa shape index (κ3) is 6.22. The highest BCUT2D eigenvalue weighted by atomic mass is 32.2. The molecule has 10 nitrogen and oxygen atoms in total. The van der Waals surface area contributed by atoms with Gasteiger partial charge in [-0.15, -0.1) is 5.01 Å². The summed E-state index contributed by atoms with van der Waals surface area (Å²) in [7, 11) is -3.66. The number of hydrogen-bond acceptors (Lipinski definition) is 9. The number of nitriles is 1. The molecule has 4 aromatic rings. The Balaban J connectivity index is 0.000000826. The lowest BCUT2D eigenvalue weighted by atomic mass is 9.76. The molecule has 0 N–H and O–H groups in total. The zero-order valence-electron chi connectivity index (χ0n) is 20.4. The van der Waals surface area contributed by atoms with Gasteiger partial charge in [-0.1, -0.05) is 72.8 Å². The number of nitrogens with zero attached hydrogens (tertiary/aromatic N) is 5.